The molecule has 0 aliphatic heterocycles. The summed E-state index contributed by atoms with van der Waals surface area (Å²) in [5.74, 6) is 0. The van der Waals surface area contributed by atoms with Gasteiger partial charge in [0.2, 0.25) is 0 Å². The number of imidazole rings is 1. The van der Waals surface area contributed by atoms with E-state index in [0.717, 1.165) is 27.2 Å². The number of benzene rings is 2. The lowest BCUT2D eigenvalue weighted by Crippen LogP contribution is -1.88. The molecule has 2 aromatic carbocycles. The first-order chi connectivity index (χ1) is 12.8. The fourth-order valence-corrected chi connectivity index (χ4v) is 3.36. The highest BCUT2D eigenvalue weighted by molar-refractivity contribution is 8.03. The Morgan fingerprint density at radius 2 is 1.81 bits per heavy atom. The van der Waals surface area contributed by atoms with Crippen LogP contribution in [0.5, 0.6) is 0 Å². The van der Waals surface area contributed by atoms with Crippen molar-refractivity contribution in [3.63, 3.8) is 0 Å². The van der Waals surface area contributed by atoms with Crippen molar-refractivity contribution >= 4 is 29.0 Å². The van der Waals surface area contributed by atoms with Crippen molar-refractivity contribution in [3.8, 4) is 17.3 Å². The van der Waals surface area contributed by atoms with Crippen LogP contribution in [0.15, 0.2) is 77.1 Å². The van der Waals surface area contributed by atoms with Crippen molar-refractivity contribution in [2.45, 2.75) is 4.90 Å². The molecule has 0 bridgehead atoms. The Labute approximate surface area is 154 Å². The van der Waals surface area contributed by atoms with Crippen LogP contribution in [0.3, 0.4) is 0 Å². The van der Waals surface area contributed by atoms with E-state index in [1.54, 1.807) is 6.33 Å². The molecule has 1 N–H and O–H groups in total. The van der Waals surface area contributed by atoms with Crippen molar-refractivity contribution in [1.29, 1.82) is 5.26 Å². The normalized spacial score (nSPS) is 11.4. The first kappa shape index (κ1) is 16.1. The van der Waals surface area contributed by atoms with Gasteiger partial charge in [0.25, 0.3) is 0 Å². The van der Waals surface area contributed by atoms with Crippen LogP contribution in [0.1, 0.15) is 5.56 Å². The third-order valence-corrected chi connectivity index (χ3v) is 4.72. The largest absolute Gasteiger partial charge is 0.341 e. The van der Waals surface area contributed by atoms with Gasteiger partial charge in [-0.2, -0.15) is 5.26 Å². The van der Waals surface area contributed by atoms with Crippen LogP contribution in [0.25, 0.3) is 28.5 Å². The van der Waals surface area contributed by atoms with Crippen molar-refractivity contribution in [2.24, 2.45) is 0 Å². The number of hydrogen-bond acceptors (Lipinski definition) is 5. The maximum absolute atomic E-state index is 9.41. The lowest BCUT2D eigenvalue weighted by Gasteiger charge is -2.03. The molecule has 0 amide bonds. The number of aromatic amines is 1. The molecule has 0 aliphatic carbocycles. The average Bonchev–Trinajstić information content (AvgIpc) is 3.18. The van der Waals surface area contributed by atoms with E-state index >= 15 is 0 Å². The predicted molar refractivity (Wildman–Crippen MR) is 103 cm³/mol. The van der Waals surface area contributed by atoms with Gasteiger partial charge in [-0.05, 0) is 23.8 Å². The Hall–Kier alpha value is -3.43. The fourth-order valence-electron chi connectivity index (χ4n) is 2.57. The van der Waals surface area contributed by atoms with Gasteiger partial charge in [0.15, 0.2) is 5.65 Å². The van der Waals surface area contributed by atoms with Crippen LogP contribution < -0.4 is 0 Å². The van der Waals surface area contributed by atoms with Gasteiger partial charge in [-0.25, -0.2) is 15.0 Å². The van der Waals surface area contributed by atoms with E-state index in [9.17, 15) is 5.26 Å². The summed E-state index contributed by atoms with van der Waals surface area (Å²) in [6.07, 6.45) is 5.00. The smallest absolute Gasteiger partial charge is 0.181 e. The lowest BCUT2D eigenvalue weighted by atomic mass is 10.1. The standard InChI is InChI=1S/C20H13N5S/c21-11-17(26-16-4-2-1-3-5-16)10-14-6-8-15(9-7-14)18-19-20(24-12-22-18)25-13-23-19/h1-10,12-13H,(H,22,23,24,25)/b17-10+. The van der Waals surface area contributed by atoms with E-state index in [2.05, 4.69) is 26.0 Å². The maximum Gasteiger partial charge on any atom is 0.181 e. The molecule has 0 unspecified atom stereocenters. The number of nitrogens with zero attached hydrogens (tertiary/aromatic N) is 4. The van der Waals surface area contributed by atoms with Crippen LogP contribution in [0, 0.1) is 11.3 Å². The summed E-state index contributed by atoms with van der Waals surface area (Å²) in [7, 11) is 0. The topological polar surface area (TPSA) is 78.2 Å². The molecule has 2 heterocycles. The number of H-pyrrole nitrogens is 1. The number of aromatic nitrogens is 4. The van der Waals surface area contributed by atoms with Gasteiger partial charge in [-0.3, -0.25) is 0 Å². The van der Waals surface area contributed by atoms with E-state index in [1.165, 1.54) is 18.1 Å². The minimum absolute atomic E-state index is 0.641. The Morgan fingerprint density at radius 3 is 2.58 bits per heavy atom. The third kappa shape index (κ3) is 3.34. The van der Waals surface area contributed by atoms with Gasteiger partial charge in [0.1, 0.15) is 17.9 Å². The molecule has 0 spiro atoms. The number of hydrogen-bond donors (Lipinski definition) is 1. The molecule has 0 radical (unpaired) electrons. The Morgan fingerprint density at radius 1 is 1.00 bits per heavy atom. The highest BCUT2D eigenvalue weighted by Crippen LogP contribution is 2.28. The fraction of sp³-hybridized carbons (Fsp3) is 0. The molecule has 0 aliphatic rings. The van der Waals surface area contributed by atoms with E-state index < -0.39 is 0 Å². The number of thioether (sulfide) groups is 1. The van der Waals surface area contributed by atoms with Crippen molar-refractivity contribution in [1.82, 2.24) is 19.9 Å². The van der Waals surface area contributed by atoms with Crippen molar-refractivity contribution < 1.29 is 0 Å². The minimum Gasteiger partial charge on any atom is -0.341 e. The summed E-state index contributed by atoms with van der Waals surface area (Å²) in [5, 5.41) is 9.41. The number of nitriles is 1. The van der Waals surface area contributed by atoms with Crippen LogP contribution in [-0.4, -0.2) is 19.9 Å². The molecule has 0 atom stereocenters. The second kappa shape index (κ2) is 7.21. The summed E-state index contributed by atoms with van der Waals surface area (Å²) in [4.78, 5) is 17.4. The molecule has 124 valence electrons. The third-order valence-electron chi connectivity index (χ3n) is 3.79. The zero-order valence-corrected chi connectivity index (χ0v) is 14.4. The number of allylic oxidation sites excluding steroid dienone is 1. The summed E-state index contributed by atoms with van der Waals surface area (Å²) in [5.41, 5.74) is 4.19. The molecular weight excluding hydrogens is 342 g/mol. The van der Waals surface area contributed by atoms with E-state index in [1.807, 2.05) is 60.7 Å². The Kier molecular flexibility index (Phi) is 4.46. The molecule has 4 rings (SSSR count). The van der Waals surface area contributed by atoms with E-state index in [0.29, 0.717) is 10.6 Å². The summed E-state index contributed by atoms with van der Waals surface area (Å²) < 4.78 is 0. The van der Waals surface area contributed by atoms with Crippen molar-refractivity contribution in [3.05, 3.63) is 77.7 Å². The van der Waals surface area contributed by atoms with Gasteiger partial charge < -0.3 is 4.98 Å². The molecule has 2 aromatic heterocycles. The van der Waals surface area contributed by atoms with Gasteiger partial charge in [-0.15, -0.1) is 0 Å². The second-order valence-electron chi connectivity index (χ2n) is 5.48. The number of rotatable bonds is 4. The van der Waals surface area contributed by atoms with Crippen LogP contribution in [0.4, 0.5) is 0 Å². The second-order valence-corrected chi connectivity index (χ2v) is 6.60. The summed E-state index contributed by atoms with van der Waals surface area (Å²) >= 11 is 1.45. The highest BCUT2D eigenvalue weighted by Gasteiger charge is 2.08. The molecule has 0 saturated carbocycles. The van der Waals surface area contributed by atoms with E-state index in [-0.39, 0.29) is 0 Å². The molecule has 6 heteroatoms. The van der Waals surface area contributed by atoms with E-state index in [4.69, 9.17) is 0 Å². The SMILES string of the molecule is N#C/C(=C\c1ccc(-c2ncnc3nc[nH]c23)cc1)Sc1ccccc1. The first-order valence-electron chi connectivity index (χ1n) is 7.93. The molecule has 26 heavy (non-hydrogen) atoms. The molecule has 5 nitrogen and oxygen atoms in total. The lowest BCUT2D eigenvalue weighted by molar-refractivity contribution is 1.20. The highest BCUT2D eigenvalue weighted by atomic mass is 32.2. The predicted octanol–water partition coefficient (Wildman–Crippen LogP) is 4.68. The zero-order valence-electron chi connectivity index (χ0n) is 13.6. The summed E-state index contributed by atoms with van der Waals surface area (Å²) in [6.45, 7) is 0. The molecule has 0 fully saturated rings. The van der Waals surface area contributed by atoms with Gasteiger partial charge >= 0.3 is 0 Å². The number of nitrogens with one attached hydrogen (secondary N) is 1. The Balaban J connectivity index is 1.61. The van der Waals surface area contributed by atoms with Crippen molar-refractivity contribution in [2.75, 3.05) is 0 Å². The van der Waals surface area contributed by atoms with Gasteiger partial charge in [0, 0.05) is 10.5 Å². The monoisotopic (exact) mass is 355 g/mol. The average molecular weight is 355 g/mol. The van der Waals surface area contributed by atoms with Gasteiger partial charge in [-0.1, -0.05) is 54.2 Å². The quantitative estimate of drug-likeness (QED) is 0.425. The van der Waals surface area contributed by atoms with Crippen LogP contribution in [-0.2, 0) is 0 Å². The molecule has 4 aromatic rings. The molecular formula is C20H13N5S. The van der Waals surface area contributed by atoms with Crippen LogP contribution >= 0.6 is 11.8 Å². The molecule has 0 saturated heterocycles. The number of fused-ring (bicyclic) bond motifs is 1. The van der Waals surface area contributed by atoms with Crippen LogP contribution in [0.2, 0.25) is 0 Å². The van der Waals surface area contributed by atoms with Gasteiger partial charge in [0.05, 0.1) is 16.9 Å². The Bertz CT molecular complexity index is 1110. The summed E-state index contributed by atoms with van der Waals surface area (Å²) in [6, 6.07) is 20.0. The maximum atomic E-state index is 9.41. The zero-order chi connectivity index (χ0) is 17.8. The minimum atomic E-state index is 0.641. The first-order valence-corrected chi connectivity index (χ1v) is 8.74.